The van der Waals surface area contributed by atoms with E-state index in [4.69, 9.17) is 5.26 Å². The average Bonchev–Trinajstić information content (AvgIpc) is 2.28. The van der Waals surface area contributed by atoms with Crippen LogP contribution in [-0.2, 0) is 0 Å². The summed E-state index contributed by atoms with van der Waals surface area (Å²) in [5, 5.41) is 18.7. The van der Waals surface area contributed by atoms with E-state index in [1.807, 2.05) is 17.9 Å². The Kier molecular flexibility index (Phi) is 3.07. The van der Waals surface area contributed by atoms with Crippen molar-refractivity contribution in [2.45, 2.75) is 25.9 Å². The summed E-state index contributed by atoms with van der Waals surface area (Å²) in [6.45, 7) is 3.34. The number of piperidine rings is 1. The molecule has 4 nitrogen and oxygen atoms in total. The Hall–Kier alpha value is -1.60. The second-order valence-corrected chi connectivity index (χ2v) is 4.18. The maximum Gasteiger partial charge on any atom is 0.146 e. The SMILES string of the molecule is Cc1ccnc(N2CCC[C@H](O)C2)c1C#N. The van der Waals surface area contributed by atoms with E-state index in [1.165, 1.54) is 0 Å². The fraction of sp³-hybridized carbons (Fsp3) is 0.500. The minimum absolute atomic E-state index is 0.303. The predicted octanol–water partition coefficient (Wildman–Crippen LogP) is 1.22. The van der Waals surface area contributed by atoms with Crippen molar-refractivity contribution >= 4 is 5.82 Å². The number of nitrogens with zero attached hydrogens (tertiary/aromatic N) is 3. The van der Waals surface area contributed by atoms with Gasteiger partial charge in [-0.3, -0.25) is 0 Å². The molecule has 0 amide bonds. The number of hydrogen-bond acceptors (Lipinski definition) is 4. The summed E-state index contributed by atoms with van der Waals surface area (Å²) in [4.78, 5) is 6.26. The first kappa shape index (κ1) is 10.9. The molecule has 0 spiro atoms. The number of hydrogen-bond donors (Lipinski definition) is 1. The van der Waals surface area contributed by atoms with Gasteiger partial charge in [0.05, 0.1) is 11.7 Å². The first-order valence-corrected chi connectivity index (χ1v) is 5.51. The van der Waals surface area contributed by atoms with E-state index in [9.17, 15) is 5.11 Å². The quantitative estimate of drug-likeness (QED) is 0.768. The average molecular weight is 217 g/mol. The van der Waals surface area contributed by atoms with Crippen molar-refractivity contribution in [2.24, 2.45) is 0 Å². The van der Waals surface area contributed by atoms with Gasteiger partial charge in [0.15, 0.2) is 0 Å². The zero-order valence-corrected chi connectivity index (χ0v) is 9.35. The molecule has 1 saturated heterocycles. The molecule has 2 heterocycles. The Morgan fingerprint density at radius 2 is 2.44 bits per heavy atom. The molecule has 2 rings (SSSR count). The molecule has 0 bridgehead atoms. The summed E-state index contributed by atoms with van der Waals surface area (Å²) in [5.41, 5.74) is 1.56. The number of rotatable bonds is 1. The lowest BCUT2D eigenvalue weighted by molar-refractivity contribution is 0.154. The summed E-state index contributed by atoms with van der Waals surface area (Å²) >= 11 is 0. The van der Waals surface area contributed by atoms with Crippen molar-refractivity contribution in [1.82, 2.24) is 4.98 Å². The molecule has 84 valence electrons. The van der Waals surface area contributed by atoms with Crippen LogP contribution in [0.15, 0.2) is 12.3 Å². The van der Waals surface area contributed by atoms with Crippen LogP contribution in [0.3, 0.4) is 0 Å². The molecule has 1 N–H and O–H groups in total. The summed E-state index contributed by atoms with van der Waals surface area (Å²) in [6.07, 6.45) is 3.20. The van der Waals surface area contributed by atoms with E-state index in [0.29, 0.717) is 17.9 Å². The zero-order chi connectivity index (χ0) is 11.5. The van der Waals surface area contributed by atoms with Crippen molar-refractivity contribution in [3.05, 3.63) is 23.4 Å². The summed E-state index contributed by atoms with van der Waals surface area (Å²) < 4.78 is 0. The number of nitriles is 1. The van der Waals surface area contributed by atoms with Crippen LogP contribution in [0.2, 0.25) is 0 Å². The van der Waals surface area contributed by atoms with Crippen LogP contribution in [0.5, 0.6) is 0 Å². The summed E-state index contributed by atoms with van der Waals surface area (Å²) in [7, 11) is 0. The highest BCUT2D eigenvalue weighted by Crippen LogP contribution is 2.23. The number of anilines is 1. The molecule has 1 aliphatic rings. The Morgan fingerprint density at radius 1 is 1.62 bits per heavy atom. The lowest BCUT2D eigenvalue weighted by Gasteiger charge is -2.31. The molecule has 1 fully saturated rings. The summed E-state index contributed by atoms with van der Waals surface area (Å²) in [6, 6.07) is 4.03. The second kappa shape index (κ2) is 4.50. The van der Waals surface area contributed by atoms with E-state index in [2.05, 4.69) is 11.1 Å². The first-order valence-electron chi connectivity index (χ1n) is 5.51. The molecular weight excluding hydrogens is 202 g/mol. The van der Waals surface area contributed by atoms with Crippen molar-refractivity contribution < 1.29 is 5.11 Å². The van der Waals surface area contributed by atoms with Crippen molar-refractivity contribution in [3.63, 3.8) is 0 Å². The van der Waals surface area contributed by atoms with Crippen LogP contribution < -0.4 is 4.90 Å². The van der Waals surface area contributed by atoms with E-state index in [-0.39, 0.29) is 6.10 Å². The van der Waals surface area contributed by atoms with Gasteiger partial charge < -0.3 is 10.0 Å². The van der Waals surface area contributed by atoms with Gasteiger partial charge in [0.1, 0.15) is 11.9 Å². The van der Waals surface area contributed by atoms with Gasteiger partial charge >= 0.3 is 0 Å². The highest BCUT2D eigenvalue weighted by molar-refractivity contribution is 5.57. The standard InChI is InChI=1S/C12H15N3O/c1-9-4-5-14-12(11(9)7-13)15-6-2-3-10(16)8-15/h4-5,10,16H,2-3,6,8H2,1H3/t10-/m0/s1. The Balaban J connectivity index is 2.33. The third kappa shape index (κ3) is 2.00. The molecule has 0 aliphatic carbocycles. The number of aromatic nitrogens is 1. The predicted molar refractivity (Wildman–Crippen MR) is 61.1 cm³/mol. The van der Waals surface area contributed by atoms with Gasteiger partial charge in [0.25, 0.3) is 0 Å². The minimum Gasteiger partial charge on any atom is -0.391 e. The highest BCUT2D eigenvalue weighted by atomic mass is 16.3. The van der Waals surface area contributed by atoms with Gasteiger partial charge in [-0.2, -0.15) is 5.26 Å². The number of aliphatic hydroxyl groups excluding tert-OH is 1. The van der Waals surface area contributed by atoms with Crippen molar-refractivity contribution in [1.29, 1.82) is 5.26 Å². The number of aryl methyl sites for hydroxylation is 1. The molecule has 0 radical (unpaired) electrons. The molecule has 0 saturated carbocycles. The van der Waals surface area contributed by atoms with E-state index in [1.54, 1.807) is 6.20 Å². The van der Waals surface area contributed by atoms with Crippen LogP contribution in [0.25, 0.3) is 0 Å². The van der Waals surface area contributed by atoms with E-state index in [0.717, 1.165) is 24.9 Å². The molecule has 0 aromatic carbocycles. The summed E-state index contributed by atoms with van der Waals surface area (Å²) in [5.74, 6) is 0.709. The van der Waals surface area contributed by atoms with Crippen LogP contribution in [0, 0.1) is 18.3 Å². The largest absolute Gasteiger partial charge is 0.391 e. The topological polar surface area (TPSA) is 60.1 Å². The van der Waals surface area contributed by atoms with E-state index >= 15 is 0 Å². The van der Waals surface area contributed by atoms with Crippen LogP contribution in [0.1, 0.15) is 24.0 Å². The fourth-order valence-corrected chi connectivity index (χ4v) is 2.07. The second-order valence-electron chi connectivity index (χ2n) is 4.18. The number of aliphatic hydroxyl groups is 1. The first-order chi connectivity index (χ1) is 7.72. The minimum atomic E-state index is -0.303. The maximum absolute atomic E-state index is 9.62. The van der Waals surface area contributed by atoms with Gasteiger partial charge in [0, 0.05) is 19.3 Å². The van der Waals surface area contributed by atoms with Gasteiger partial charge in [0.2, 0.25) is 0 Å². The Labute approximate surface area is 95.1 Å². The smallest absolute Gasteiger partial charge is 0.146 e. The molecule has 1 aromatic heterocycles. The fourth-order valence-electron chi connectivity index (χ4n) is 2.07. The lowest BCUT2D eigenvalue weighted by atomic mass is 10.1. The zero-order valence-electron chi connectivity index (χ0n) is 9.35. The van der Waals surface area contributed by atoms with E-state index < -0.39 is 0 Å². The molecular formula is C12H15N3O. The molecule has 16 heavy (non-hydrogen) atoms. The molecule has 0 unspecified atom stereocenters. The molecule has 1 aliphatic heterocycles. The van der Waals surface area contributed by atoms with Gasteiger partial charge in [-0.15, -0.1) is 0 Å². The third-order valence-electron chi connectivity index (χ3n) is 2.95. The Bertz CT molecular complexity index is 425. The Morgan fingerprint density at radius 3 is 3.12 bits per heavy atom. The van der Waals surface area contributed by atoms with Crippen molar-refractivity contribution in [2.75, 3.05) is 18.0 Å². The van der Waals surface area contributed by atoms with Crippen LogP contribution in [-0.4, -0.2) is 29.3 Å². The van der Waals surface area contributed by atoms with Crippen LogP contribution in [0.4, 0.5) is 5.82 Å². The normalized spacial score (nSPS) is 20.6. The molecule has 4 heteroatoms. The number of pyridine rings is 1. The monoisotopic (exact) mass is 217 g/mol. The molecule has 1 aromatic rings. The van der Waals surface area contributed by atoms with Gasteiger partial charge in [-0.05, 0) is 31.4 Å². The van der Waals surface area contributed by atoms with Gasteiger partial charge in [-0.25, -0.2) is 4.98 Å². The van der Waals surface area contributed by atoms with Crippen LogP contribution >= 0.6 is 0 Å². The molecule has 1 atom stereocenters. The van der Waals surface area contributed by atoms with Gasteiger partial charge in [-0.1, -0.05) is 0 Å². The highest BCUT2D eigenvalue weighted by Gasteiger charge is 2.21. The maximum atomic E-state index is 9.62. The van der Waals surface area contributed by atoms with Crippen molar-refractivity contribution in [3.8, 4) is 6.07 Å². The number of β-amino-alcohol motifs (C(OH)–C–C–N with tert-alkyl or cyclic N) is 1. The third-order valence-corrected chi connectivity index (χ3v) is 2.95. The lowest BCUT2D eigenvalue weighted by Crippen LogP contribution is -2.39.